The number of carbonyl (C=O) groups excluding carboxylic acids is 1. The topological polar surface area (TPSA) is 17.1 Å². The van der Waals surface area contributed by atoms with Crippen LogP contribution in [0.5, 0.6) is 0 Å². The van der Waals surface area contributed by atoms with Gasteiger partial charge in [0.1, 0.15) is 5.78 Å². The van der Waals surface area contributed by atoms with Gasteiger partial charge in [-0.3, -0.25) is 4.79 Å². The third kappa shape index (κ3) is 0.518. The number of Topliss-reactive ketones (excluding diaryl/α,β-unsaturated/α-hetero) is 1. The van der Waals surface area contributed by atoms with Crippen molar-refractivity contribution in [2.45, 2.75) is 33.1 Å². The molecule has 56 valence electrons. The van der Waals surface area contributed by atoms with Crippen LogP contribution in [0.1, 0.15) is 33.1 Å². The molecule has 0 aromatic rings. The standard InChI is InChI=1S/C9H14O/c1-6-7-3-4-9(6,2)8(10)5-7/h6-7H,3-5H2,1-2H3/t6-,7+,9+/m0/s1. The smallest absolute Gasteiger partial charge is 0.139 e. The average molecular weight is 138 g/mol. The lowest BCUT2D eigenvalue weighted by molar-refractivity contribution is -0.126. The number of hydrogen-bond acceptors (Lipinski definition) is 1. The van der Waals surface area contributed by atoms with Crippen LogP contribution in [-0.2, 0) is 4.79 Å². The Kier molecular flexibility index (Phi) is 1.04. The van der Waals surface area contributed by atoms with Crippen LogP contribution < -0.4 is 0 Å². The highest BCUT2D eigenvalue weighted by molar-refractivity contribution is 5.88. The first-order valence-corrected chi connectivity index (χ1v) is 4.18. The van der Waals surface area contributed by atoms with Gasteiger partial charge in [0.2, 0.25) is 0 Å². The lowest BCUT2D eigenvalue weighted by Gasteiger charge is -2.21. The van der Waals surface area contributed by atoms with Gasteiger partial charge >= 0.3 is 0 Å². The van der Waals surface area contributed by atoms with Crippen molar-refractivity contribution >= 4 is 5.78 Å². The van der Waals surface area contributed by atoms with Crippen LogP contribution in [0.4, 0.5) is 0 Å². The second kappa shape index (κ2) is 1.63. The van der Waals surface area contributed by atoms with Gasteiger partial charge in [0, 0.05) is 11.8 Å². The van der Waals surface area contributed by atoms with Crippen LogP contribution in [0.15, 0.2) is 0 Å². The Morgan fingerprint density at radius 3 is 2.50 bits per heavy atom. The maximum absolute atomic E-state index is 11.4. The molecule has 0 radical (unpaired) electrons. The molecule has 2 bridgehead atoms. The zero-order valence-corrected chi connectivity index (χ0v) is 6.68. The fraction of sp³-hybridized carbons (Fsp3) is 0.889. The Morgan fingerprint density at radius 1 is 1.60 bits per heavy atom. The summed E-state index contributed by atoms with van der Waals surface area (Å²) in [6, 6.07) is 0. The summed E-state index contributed by atoms with van der Waals surface area (Å²) in [5.41, 5.74) is 0.0880. The lowest BCUT2D eigenvalue weighted by Crippen LogP contribution is -2.24. The van der Waals surface area contributed by atoms with Crippen LogP contribution in [0.3, 0.4) is 0 Å². The predicted molar refractivity (Wildman–Crippen MR) is 39.6 cm³/mol. The second-order valence-electron chi connectivity index (χ2n) is 4.13. The molecule has 0 heterocycles. The number of fused-ring (bicyclic) bond motifs is 2. The van der Waals surface area contributed by atoms with E-state index in [1.807, 2.05) is 0 Å². The van der Waals surface area contributed by atoms with Crippen molar-refractivity contribution in [1.82, 2.24) is 0 Å². The summed E-state index contributed by atoms with van der Waals surface area (Å²) in [6.07, 6.45) is 3.32. The van der Waals surface area contributed by atoms with Crippen molar-refractivity contribution in [1.29, 1.82) is 0 Å². The summed E-state index contributed by atoms with van der Waals surface area (Å²) >= 11 is 0. The van der Waals surface area contributed by atoms with Gasteiger partial charge < -0.3 is 0 Å². The Balaban J connectivity index is 2.37. The van der Waals surface area contributed by atoms with Crippen LogP contribution in [-0.4, -0.2) is 5.78 Å². The van der Waals surface area contributed by atoms with Crippen LogP contribution in [0.2, 0.25) is 0 Å². The maximum Gasteiger partial charge on any atom is 0.139 e. The highest BCUT2D eigenvalue weighted by Crippen LogP contribution is 2.55. The van der Waals surface area contributed by atoms with Crippen molar-refractivity contribution in [3.63, 3.8) is 0 Å². The first-order valence-electron chi connectivity index (χ1n) is 4.18. The van der Waals surface area contributed by atoms with Gasteiger partial charge in [-0.15, -0.1) is 0 Å². The van der Waals surface area contributed by atoms with E-state index in [-0.39, 0.29) is 5.41 Å². The fourth-order valence-corrected chi connectivity index (χ4v) is 2.63. The number of rotatable bonds is 0. The van der Waals surface area contributed by atoms with E-state index in [2.05, 4.69) is 13.8 Å². The molecule has 2 rings (SSSR count). The highest BCUT2D eigenvalue weighted by Gasteiger charge is 2.53. The summed E-state index contributed by atoms with van der Waals surface area (Å²) in [5.74, 6) is 1.92. The van der Waals surface area contributed by atoms with Crippen molar-refractivity contribution in [2.75, 3.05) is 0 Å². The maximum atomic E-state index is 11.4. The van der Waals surface area contributed by atoms with Crippen LogP contribution >= 0.6 is 0 Å². The van der Waals surface area contributed by atoms with Crippen molar-refractivity contribution in [2.24, 2.45) is 17.3 Å². The molecule has 1 heteroatoms. The number of carbonyl (C=O) groups is 1. The SMILES string of the molecule is C[C@H]1[C@@H]2CC[C@@]1(C)C(=O)C2. The zero-order valence-electron chi connectivity index (χ0n) is 6.68. The van der Waals surface area contributed by atoms with Gasteiger partial charge in [0.05, 0.1) is 0 Å². The van der Waals surface area contributed by atoms with E-state index in [1.165, 1.54) is 6.42 Å². The molecule has 2 saturated carbocycles. The average Bonchev–Trinajstić information content (AvgIpc) is 2.25. The summed E-state index contributed by atoms with van der Waals surface area (Å²) in [5, 5.41) is 0. The monoisotopic (exact) mass is 138 g/mol. The number of ketones is 1. The van der Waals surface area contributed by atoms with Crippen LogP contribution in [0, 0.1) is 17.3 Å². The van der Waals surface area contributed by atoms with Crippen molar-refractivity contribution in [3.05, 3.63) is 0 Å². The summed E-state index contributed by atoms with van der Waals surface area (Å²) < 4.78 is 0. The molecule has 0 amide bonds. The fourth-order valence-electron chi connectivity index (χ4n) is 2.63. The minimum Gasteiger partial charge on any atom is -0.299 e. The summed E-state index contributed by atoms with van der Waals surface area (Å²) in [6.45, 7) is 4.38. The molecule has 0 aromatic heterocycles. The molecule has 0 aliphatic heterocycles. The molecule has 0 aromatic carbocycles. The van der Waals surface area contributed by atoms with Gasteiger partial charge in [-0.25, -0.2) is 0 Å². The molecule has 3 atom stereocenters. The lowest BCUT2D eigenvalue weighted by atomic mass is 9.81. The molecule has 0 saturated heterocycles. The largest absolute Gasteiger partial charge is 0.299 e. The van der Waals surface area contributed by atoms with Gasteiger partial charge in [-0.2, -0.15) is 0 Å². The van der Waals surface area contributed by atoms with E-state index < -0.39 is 0 Å². The van der Waals surface area contributed by atoms with Crippen LogP contribution in [0.25, 0.3) is 0 Å². The number of hydrogen-bond donors (Lipinski definition) is 0. The van der Waals surface area contributed by atoms with Gasteiger partial charge in [0.15, 0.2) is 0 Å². The first kappa shape index (κ1) is 6.38. The Morgan fingerprint density at radius 2 is 2.30 bits per heavy atom. The zero-order chi connectivity index (χ0) is 7.35. The molecule has 2 fully saturated rings. The molecule has 2 aliphatic rings. The van der Waals surface area contributed by atoms with E-state index in [4.69, 9.17) is 0 Å². The quantitative estimate of drug-likeness (QED) is 0.500. The molecular weight excluding hydrogens is 124 g/mol. The van der Waals surface area contributed by atoms with E-state index in [0.29, 0.717) is 11.7 Å². The minimum absolute atomic E-state index is 0.0880. The first-order chi connectivity index (χ1) is 4.64. The van der Waals surface area contributed by atoms with E-state index in [9.17, 15) is 4.79 Å². The second-order valence-corrected chi connectivity index (χ2v) is 4.13. The minimum atomic E-state index is 0.0880. The molecule has 0 N–H and O–H groups in total. The van der Waals surface area contributed by atoms with E-state index >= 15 is 0 Å². The van der Waals surface area contributed by atoms with E-state index in [0.717, 1.165) is 18.8 Å². The molecule has 0 spiro atoms. The predicted octanol–water partition coefficient (Wildman–Crippen LogP) is 2.01. The Bertz CT molecular complexity index is 185. The summed E-state index contributed by atoms with van der Waals surface area (Å²) in [7, 11) is 0. The van der Waals surface area contributed by atoms with Gasteiger partial charge in [-0.1, -0.05) is 13.8 Å². The normalized spacial score (nSPS) is 52.4. The molecule has 10 heavy (non-hydrogen) atoms. The van der Waals surface area contributed by atoms with Crippen molar-refractivity contribution < 1.29 is 4.79 Å². The van der Waals surface area contributed by atoms with Crippen molar-refractivity contribution in [3.8, 4) is 0 Å². The van der Waals surface area contributed by atoms with Gasteiger partial charge in [-0.05, 0) is 24.7 Å². The third-order valence-corrected chi connectivity index (χ3v) is 3.83. The molecular formula is C9H14O. The summed E-state index contributed by atoms with van der Waals surface area (Å²) in [4.78, 5) is 11.4. The van der Waals surface area contributed by atoms with Gasteiger partial charge in [0.25, 0.3) is 0 Å². The Labute approximate surface area is 61.8 Å². The Hall–Kier alpha value is -0.330. The molecule has 1 nitrogen and oxygen atoms in total. The molecule has 2 aliphatic carbocycles. The van der Waals surface area contributed by atoms with E-state index in [1.54, 1.807) is 0 Å². The highest BCUT2D eigenvalue weighted by atomic mass is 16.1. The third-order valence-electron chi connectivity index (χ3n) is 3.83. The molecule has 0 unspecified atom stereocenters.